The molecule has 0 fully saturated rings. The van der Waals surface area contributed by atoms with E-state index < -0.39 is 0 Å². The molecule has 0 saturated carbocycles. The van der Waals surface area contributed by atoms with Crippen LogP contribution < -0.4 is 15.4 Å². The summed E-state index contributed by atoms with van der Waals surface area (Å²) in [6, 6.07) is 16.1. The quantitative estimate of drug-likeness (QED) is 0.645. The van der Waals surface area contributed by atoms with Crippen molar-refractivity contribution in [3.63, 3.8) is 0 Å². The van der Waals surface area contributed by atoms with Gasteiger partial charge >= 0.3 is 0 Å². The molecule has 0 aliphatic rings. The molecular formula is C17H22N2O. The lowest BCUT2D eigenvalue weighted by Crippen LogP contribution is -2.20. The van der Waals surface area contributed by atoms with Gasteiger partial charge in [0.1, 0.15) is 5.75 Å². The molecule has 0 amide bonds. The highest BCUT2D eigenvalue weighted by Crippen LogP contribution is 2.16. The minimum atomic E-state index is 0.694. The van der Waals surface area contributed by atoms with Gasteiger partial charge in [0.15, 0.2) is 0 Å². The summed E-state index contributed by atoms with van der Waals surface area (Å²) >= 11 is 0. The third kappa shape index (κ3) is 4.19. The molecule has 0 aliphatic heterocycles. The average molecular weight is 270 g/mol. The van der Waals surface area contributed by atoms with Crippen molar-refractivity contribution in [1.82, 2.24) is 0 Å². The van der Waals surface area contributed by atoms with Crippen molar-refractivity contribution in [2.75, 3.05) is 30.8 Å². The summed E-state index contributed by atoms with van der Waals surface area (Å²) in [6.07, 6.45) is 0.971. The molecule has 2 aromatic rings. The van der Waals surface area contributed by atoms with Crippen molar-refractivity contribution < 1.29 is 4.74 Å². The number of ether oxygens (including phenoxy) is 1. The van der Waals surface area contributed by atoms with Gasteiger partial charge in [0.05, 0.1) is 6.61 Å². The zero-order valence-electron chi connectivity index (χ0n) is 12.2. The van der Waals surface area contributed by atoms with Crippen molar-refractivity contribution >= 4 is 11.4 Å². The van der Waals surface area contributed by atoms with Crippen LogP contribution in [0.25, 0.3) is 0 Å². The molecule has 0 unspecified atom stereocenters. The van der Waals surface area contributed by atoms with Gasteiger partial charge in [-0.1, -0.05) is 23.8 Å². The van der Waals surface area contributed by atoms with Crippen LogP contribution in [0.15, 0.2) is 48.5 Å². The van der Waals surface area contributed by atoms with E-state index in [2.05, 4.69) is 43.1 Å². The molecule has 106 valence electrons. The van der Waals surface area contributed by atoms with E-state index in [1.807, 2.05) is 24.3 Å². The molecule has 0 spiro atoms. The normalized spacial score (nSPS) is 10.3. The maximum absolute atomic E-state index is 5.71. The molecule has 0 bridgehead atoms. The first kappa shape index (κ1) is 14.3. The number of benzene rings is 2. The first-order valence-electron chi connectivity index (χ1n) is 6.91. The topological polar surface area (TPSA) is 38.5 Å². The van der Waals surface area contributed by atoms with E-state index >= 15 is 0 Å². The molecule has 3 heteroatoms. The second-order valence-electron chi connectivity index (χ2n) is 5.03. The van der Waals surface area contributed by atoms with Crippen LogP contribution in [-0.4, -0.2) is 20.2 Å². The van der Waals surface area contributed by atoms with E-state index in [0.29, 0.717) is 6.61 Å². The maximum Gasteiger partial charge on any atom is 0.121 e. The highest BCUT2D eigenvalue weighted by molar-refractivity contribution is 5.46. The van der Waals surface area contributed by atoms with Gasteiger partial charge in [-0.05, 0) is 37.6 Å². The van der Waals surface area contributed by atoms with Gasteiger partial charge in [0, 0.05) is 31.0 Å². The first-order chi connectivity index (χ1) is 9.65. The Balaban J connectivity index is 1.74. The number of aryl methyl sites for hydroxylation is 1. The number of hydrogen-bond acceptors (Lipinski definition) is 3. The van der Waals surface area contributed by atoms with Gasteiger partial charge in [-0.15, -0.1) is 0 Å². The molecule has 0 aromatic heterocycles. The van der Waals surface area contributed by atoms with Gasteiger partial charge < -0.3 is 15.4 Å². The molecule has 0 saturated heterocycles. The van der Waals surface area contributed by atoms with E-state index in [1.165, 1.54) is 11.3 Å². The fourth-order valence-corrected chi connectivity index (χ4v) is 2.02. The van der Waals surface area contributed by atoms with Crippen LogP contribution >= 0.6 is 0 Å². The summed E-state index contributed by atoms with van der Waals surface area (Å²) in [6.45, 7) is 3.76. The van der Waals surface area contributed by atoms with Crippen LogP contribution in [-0.2, 0) is 0 Å². The highest BCUT2D eigenvalue weighted by atomic mass is 16.5. The molecular weight excluding hydrogens is 248 g/mol. The SMILES string of the molecule is Cc1ccc(N(C)CCCOc2cccc(N)c2)cc1. The lowest BCUT2D eigenvalue weighted by Gasteiger charge is -2.19. The Morgan fingerprint density at radius 1 is 1.10 bits per heavy atom. The molecule has 0 atom stereocenters. The lowest BCUT2D eigenvalue weighted by atomic mass is 10.2. The highest BCUT2D eigenvalue weighted by Gasteiger charge is 2.00. The fourth-order valence-electron chi connectivity index (χ4n) is 2.02. The van der Waals surface area contributed by atoms with E-state index in [9.17, 15) is 0 Å². The van der Waals surface area contributed by atoms with Gasteiger partial charge in [-0.25, -0.2) is 0 Å². The summed E-state index contributed by atoms with van der Waals surface area (Å²) in [5, 5.41) is 0. The van der Waals surface area contributed by atoms with Crippen LogP contribution in [0.4, 0.5) is 11.4 Å². The first-order valence-corrected chi connectivity index (χ1v) is 6.91. The van der Waals surface area contributed by atoms with Gasteiger partial charge in [0.2, 0.25) is 0 Å². The Morgan fingerprint density at radius 2 is 1.85 bits per heavy atom. The van der Waals surface area contributed by atoms with Gasteiger partial charge in [-0.3, -0.25) is 0 Å². The standard InChI is InChI=1S/C17H22N2O/c1-14-7-9-16(10-8-14)19(2)11-4-12-20-17-6-3-5-15(18)13-17/h3,5-10,13H,4,11-12,18H2,1-2H3. The zero-order chi connectivity index (χ0) is 14.4. The molecule has 2 aromatic carbocycles. The number of rotatable bonds is 6. The van der Waals surface area contributed by atoms with Crippen molar-refractivity contribution in [2.24, 2.45) is 0 Å². The van der Waals surface area contributed by atoms with Crippen LogP contribution in [0.1, 0.15) is 12.0 Å². The number of nitrogen functional groups attached to an aromatic ring is 1. The zero-order valence-corrected chi connectivity index (χ0v) is 12.2. The Morgan fingerprint density at radius 3 is 2.55 bits per heavy atom. The number of hydrogen-bond donors (Lipinski definition) is 1. The van der Waals surface area contributed by atoms with Crippen molar-refractivity contribution in [2.45, 2.75) is 13.3 Å². The summed E-state index contributed by atoms with van der Waals surface area (Å²) in [7, 11) is 2.10. The van der Waals surface area contributed by atoms with Gasteiger partial charge in [0.25, 0.3) is 0 Å². The summed E-state index contributed by atoms with van der Waals surface area (Å²) in [5.41, 5.74) is 8.97. The van der Waals surface area contributed by atoms with Crippen molar-refractivity contribution in [1.29, 1.82) is 0 Å². The van der Waals surface area contributed by atoms with E-state index in [0.717, 1.165) is 24.4 Å². The lowest BCUT2D eigenvalue weighted by molar-refractivity contribution is 0.313. The second kappa shape index (κ2) is 6.85. The minimum Gasteiger partial charge on any atom is -0.493 e. The van der Waals surface area contributed by atoms with Crippen molar-refractivity contribution in [3.8, 4) is 5.75 Å². The van der Waals surface area contributed by atoms with Crippen LogP contribution in [0.2, 0.25) is 0 Å². The number of anilines is 2. The van der Waals surface area contributed by atoms with Crippen LogP contribution in [0.3, 0.4) is 0 Å². The average Bonchev–Trinajstić information content (AvgIpc) is 2.44. The third-order valence-corrected chi connectivity index (χ3v) is 3.24. The number of nitrogens with two attached hydrogens (primary N) is 1. The van der Waals surface area contributed by atoms with Crippen molar-refractivity contribution in [3.05, 3.63) is 54.1 Å². The molecule has 20 heavy (non-hydrogen) atoms. The fraction of sp³-hybridized carbons (Fsp3) is 0.294. The second-order valence-corrected chi connectivity index (χ2v) is 5.03. The molecule has 2 N–H and O–H groups in total. The molecule has 0 radical (unpaired) electrons. The summed E-state index contributed by atoms with van der Waals surface area (Å²) < 4.78 is 5.69. The molecule has 0 aliphatic carbocycles. The maximum atomic E-state index is 5.71. The van der Waals surface area contributed by atoms with Crippen LogP contribution in [0, 0.1) is 6.92 Å². The van der Waals surface area contributed by atoms with Crippen LogP contribution in [0.5, 0.6) is 5.75 Å². The molecule has 3 nitrogen and oxygen atoms in total. The number of nitrogens with zero attached hydrogens (tertiary/aromatic N) is 1. The predicted molar refractivity (Wildman–Crippen MR) is 85.4 cm³/mol. The Hall–Kier alpha value is -2.16. The van der Waals surface area contributed by atoms with Gasteiger partial charge in [-0.2, -0.15) is 0 Å². The van der Waals surface area contributed by atoms with E-state index in [-0.39, 0.29) is 0 Å². The predicted octanol–water partition coefficient (Wildman–Crippen LogP) is 3.48. The Kier molecular flexibility index (Phi) is 4.88. The molecule has 2 rings (SSSR count). The van der Waals surface area contributed by atoms with E-state index in [1.54, 1.807) is 0 Å². The summed E-state index contributed by atoms with van der Waals surface area (Å²) in [4.78, 5) is 2.24. The van der Waals surface area contributed by atoms with E-state index in [4.69, 9.17) is 10.5 Å². The third-order valence-electron chi connectivity index (χ3n) is 3.24. The summed E-state index contributed by atoms with van der Waals surface area (Å²) in [5.74, 6) is 0.836. The minimum absolute atomic E-state index is 0.694. The monoisotopic (exact) mass is 270 g/mol. The Bertz CT molecular complexity index is 537. The Labute approximate surface area is 121 Å². The molecule has 0 heterocycles. The largest absolute Gasteiger partial charge is 0.493 e. The smallest absolute Gasteiger partial charge is 0.121 e.